The molecule has 1 amide bonds. The first-order valence-corrected chi connectivity index (χ1v) is 7.34. The molecule has 0 bridgehead atoms. The lowest BCUT2D eigenvalue weighted by Crippen LogP contribution is -2.42. The summed E-state index contributed by atoms with van der Waals surface area (Å²) < 4.78 is 5.40. The Morgan fingerprint density at radius 1 is 1.40 bits per heavy atom. The van der Waals surface area contributed by atoms with Crippen molar-refractivity contribution in [3.63, 3.8) is 0 Å². The van der Waals surface area contributed by atoms with E-state index in [1.165, 1.54) is 0 Å². The van der Waals surface area contributed by atoms with Crippen molar-refractivity contribution in [3.8, 4) is 5.75 Å². The molecule has 1 aromatic rings. The second-order valence-corrected chi connectivity index (χ2v) is 5.68. The largest absolute Gasteiger partial charge is 0.492 e. The number of nitrogens with zero attached hydrogens (tertiary/aromatic N) is 1. The number of piperidine rings is 1. The Balaban J connectivity index is 2.11. The van der Waals surface area contributed by atoms with Crippen molar-refractivity contribution in [1.29, 1.82) is 0 Å². The van der Waals surface area contributed by atoms with E-state index in [-0.39, 0.29) is 5.91 Å². The van der Waals surface area contributed by atoms with Gasteiger partial charge >= 0.3 is 0 Å². The molecule has 4 heteroatoms. The van der Waals surface area contributed by atoms with E-state index < -0.39 is 0 Å². The van der Waals surface area contributed by atoms with Crippen LogP contribution in [0.2, 0.25) is 0 Å². The summed E-state index contributed by atoms with van der Waals surface area (Å²) in [6, 6.07) is 5.30. The highest BCUT2D eigenvalue weighted by Crippen LogP contribution is 2.26. The zero-order valence-electron chi connectivity index (χ0n) is 12.6. The molecule has 1 fully saturated rings. The third-order valence-electron chi connectivity index (χ3n) is 4.18. The van der Waals surface area contributed by atoms with Gasteiger partial charge in [-0.15, -0.1) is 0 Å². The molecule has 1 heterocycles. The lowest BCUT2D eigenvalue weighted by Gasteiger charge is -2.35. The number of ether oxygens (including phenoxy) is 1. The molecule has 2 N–H and O–H groups in total. The van der Waals surface area contributed by atoms with Gasteiger partial charge in [0, 0.05) is 18.7 Å². The molecule has 0 aliphatic carbocycles. The molecule has 20 heavy (non-hydrogen) atoms. The summed E-state index contributed by atoms with van der Waals surface area (Å²) in [4.78, 5) is 14.4. The molecule has 4 nitrogen and oxygen atoms in total. The van der Waals surface area contributed by atoms with E-state index in [0.717, 1.165) is 19.5 Å². The average Bonchev–Trinajstić information content (AvgIpc) is 2.43. The van der Waals surface area contributed by atoms with Crippen LogP contribution >= 0.6 is 0 Å². The molecule has 1 aromatic carbocycles. The fourth-order valence-electron chi connectivity index (χ4n) is 2.60. The van der Waals surface area contributed by atoms with E-state index in [1.54, 1.807) is 18.2 Å². The van der Waals surface area contributed by atoms with E-state index >= 15 is 0 Å². The van der Waals surface area contributed by atoms with Gasteiger partial charge in [-0.3, -0.25) is 4.79 Å². The minimum Gasteiger partial charge on any atom is -0.492 e. The molecule has 1 saturated heterocycles. The van der Waals surface area contributed by atoms with Crippen LogP contribution in [-0.2, 0) is 0 Å². The molecule has 1 aliphatic rings. The number of amides is 1. The van der Waals surface area contributed by atoms with Crippen molar-refractivity contribution < 1.29 is 9.53 Å². The molecule has 0 aromatic heterocycles. The normalized spacial score (nSPS) is 22.6. The molecular weight excluding hydrogens is 252 g/mol. The van der Waals surface area contributed by atoms with Crippen molar-refractivity contribution in [3.05, 3.63) is 23.8 Å². The van der Waals surface area contributed by atoms with Crippen LogP contribution in [0.4, 0.5) is 5.69 Å². The van der Waals surface area contributed by atoms with Gasteiger partial charge in [0.15, 0.2) is 0 Å². The molecule has 0 spiro atoms. The molecule has 2 unspecified atom stereocenters. The van der Waals surface area contributed by atoms with Crippen molar-refractivity contribution in [1.82, 2.24) is 4.90 Å². The van der Waals surface area contributed by atoms with Crippen molar-refractivity contribution in [2.45, 2.75) is 27.2 Å². The van der Waals surface area contributed by atoms with Gasteiger partial charge in [0.2, 0.25) is 0 Å². The number of hydrogen-bond acceptors (Lipinski definition) is 3. The van der Waals surface area contributed by atoms with Crippen LogP contribution in [0.5, 0.6) is 5.75 Å². The number of carbonyl (C=O) groups is 1. The number of hydrogen-bond donors (Lipinski definition) is 1. The summed E-state index contributed by atoms with van der Waals surface area (Å²) >= 11 is 0. The number of rotatable bonds is 3. The van der Waals surface area contributed by atoms with Crippen LogP contribution in [0.1, 0.15) is 37.6 Å². The Kier molecular flexibility index (Phi) is 4.53. The van der Waals surface area contributed by atoms with E-state index in [2.05, 4.69) is 13.8 Å². The maximum Gasteiger partial charge on any atom is 0.253 e. The molecule has 1 aliphatic heterocycles. The molecule has 110 valence electrons. The second-order valence-electron chi connectivity index (χ2n) is 5.68. The predicted molar refractivity (Wildman–Crippen MR) is 80.9 cm³/mol. The quantitative estimate of drug-likeness (QED) is 0.864. The Labute approximate surface area is 120 Å². The van der Waals surface area contributed by atoms with Crippen LogP contribution in [-0.4, -0.2) is 30.5 Å². The minimum absolute atomic E-state index is 0.0681. The summed E-state index contributed by atoms with van der Waals surface area (Å²) in [5, 5.41) is 0. The van der Waals surface area contributed by atoms with Gasteiger partial charge in [-0.25, -0.2) is 0 Å². The van der Waals surface area contributed by atoms with Crippen LogP contribution in [0, 0.1) is 11.8 Å². The zero-order valence-corrected chi connectivity index (χ0v) is 12.6. The van der Waals surface area contributed by atoms with Gasteiger partial charge in [-0.05, 0) is 43.4 Å². The average molecular weight is 276 g/mol. The highest BCUT2D eigenvalue weighted by Gasteiger charge is 2.26. The number of likely N-dealkylation sites (tertiary alicyclic amines) is 1. The summed E-state index contributed by atoms with van der Waals surface area (Å²) in [5.74, 6) is 1.94. The van der Waals surface area contributed by atoms with E-state index in [9.17, 15) is 4.79 Å². The highest BCUT2D eigenvalue weighted by atomic mass is 16.5. The van der Waals surface area contributed by atoms with Crippen molar-refractivity contribution in [2.24, 2.45) is 11.8 Å². The first kappa shape index (κ1) is 14.7. The number of carbonyl (C=O) groups excluding carboxylic acids is 1. The van der Waals surface area contributed by atoms with Gasteiger partial charge in [0.1, 0.15) is 5.75 Å². The molecule has 0 saturated carbocycles. The number of nitrogens with two attached hydrogens (primary N) is 1. The number of benzene rings is 1. The monoisotopic (exact) mass is 276 g/mol. The van der Waals surface area contributed by atoms with Crippen LogP contribution in [0.15, 0.2) is 18.2 Å². The van der Waals surface area contributed by atoms with Crippen LogP contribution < -0.4 is 10.5 Å². The van der Waals surface area contributed by atoms with E-state index in [0.29, 0.717) is 35.4 Å². The Morgan fingerprint density at radius 3 is 2.75 bits per heavy atom. The number of nitrogen functional groups attached to an aromatic ring is 1. The van der Waals surface area contributed by atoms with E-state index in [1.807, 2.05) is 11.8 Å². The van der Waals surface area contributed by atoms with Gasteiger partial charge in [0.25, 0.3) is 5.91 Å². The fraction of sp³-hybridized carbons (Fsp3) is 0.562. The Morgan fingerprint density at radius 2 is 2.15 bits per heavy atom. The molecular formula is C16H24N2O2. The third kappa shape index (κ3) is 3.06. The second kappa shape index (κ2) is 6.16. The van der Waals surface area contributed by atoms with Crippen molar-refractivity contribution >= 4 is 11.6 Å². The van der Waals surface area contributed by atoms with Gasteiger partial charge < -0.3 is 15.4 Å². The van der Waals surface area contributed by atoms with Crippen LogP contribution in [0.25, 0.3) is 0 Å². The summed E-state index contributed by atoms with van der Waals surface area (Å²) in [7, 11) is 0. The lowest BCUT2D eigenvalue weighted by atomic mass is 9.88. The highest BCUT2D eigenvalue weighted by molar-refractivity contribution is 5.95. The SMILES string of the molecule is CCOc1ccc(C(=O)N2CCC(C)C(C)C2)cc1N. The maximum absolute atomic E-state index is 12.5. The standard InChI is InChI=1S/C16H24N2O2/c1-4-20-15-6-5-13(9-14(15)17)16(19)18-8-7-11(2)12(3)10-18/h5-6,9,11-12H,4,7-8,10,17H2,1-3H3. The zero-order chi connectivity index (χ0) is 14.7. The van der Waals surface area contributed by atoms with Crippen LogP contribution in [0.3, 0.4) is 0 Å². The summed E-state index contributed by atoms with van der Waals surface area (Å²) in [6.07, 6.45) is 1.07. The first-order chi connectivity index (χ1) is 9.52. The van der Waals surface area contributed by atoms with Gasteiger partial charge in [-0.1, -0.05) is 13.8 Å². The van der Waals surface area contributed by atoms with Gasteiger partial charge in [0.05, 0.1) is 12.3 Å². The third-order valence-corrected chi connectivity index (χ3v) is 4.18. The molecule has 0 radical (unpaired) electrons. The molecule has 2 rings (SSSR count). The fourth-order valence-corrected chi connectivity index (χ4v) is 2.60. The summed E-state index contributed by atoms with van der Waals surface area (Å²) in [5.41, 5.74) is 7.10. The van der Waals surface area contributed by atoms with Crippen molar-refractivity contribution in [2.75, 3.05) is 25.4 Å². The topological polar surface area (TPSA) is 55.6 Å². The smallest absolute Gasteiger partial charge is 0.253 e. The summed E-state index contributed by atoms with van der Waals surface area (Å²) in [6.45, 7) is 8.59. The van der Waals surface area contributed by atoms with E-state index in [4.69, 9.17) is 10.5 Å². The molecule has 2 atom stereocenters. The Hall–Kier alpha value is -1.71. The van der Waals surface area contributed by atoms with Gasteiger partial charge in [-0.2, -0.15) is 0 Å². The maximum atomic E-state index is 12.5. The number of anilines is 1. The Bertz CT molecular complexity index is 487. The minimum atomic E-state index is 0.0681. The lowest BCUT2D eigenvalue weighted by molar-refractivity contribution is 0.0627. The predicted octanol–water partition coefficient (Wildman–Crippen LogP) is 2.79. The first-order valence-electron chi connectivity index (χ1n) is 7.34.